The summed E-state index contributed by atoms with van der Waals surface area (Å²) in [6, 6.07) is 0.373. The van der Waals surface area contributed by atoms with Crippen molar-refractivity contribution in [1.29, 1.82) is 0 Å². The van der Waals surface area contributed by atoms with Gasteiger partial charge in [-0.2, -0.15) is 0 Å². The van der Waals surface area contributed by atoms with Crippen LogP contribution in [0.4, 0.5) is 0 Å². The SMILES string of the molecule is CCOCCCNC(=NCC(=O)N(C)C)NC1CC=CC1. The van der Waals surface area contributed by atoms with Gasteiger partial charge in [-0.05, 0) is 26.2 Å². The Morgan fingerprint density at radius 2 is 2.10 bits per heavy atom. The maximum absolute atomic E-state index is 11.6. The molecule has 2 N–H and O–H groups in total. The van der Waals surface area contributed by atoms with E-state index in [1.165, 1.54) is 0 Å². The van der Waals surface area contributed by atoms with Crippen molar-refractivity contribution in [1.82, 2.24) is 15.5 Å². The van der Waals surface area contributed by atoms with Crippen molar-refractivity contribution in [2.45, 2.75) is 32.2 Å². The van der Waals surface area contributed by atoms with Crippen LogP contribution in [0.3, 0.4) is 0 Å². The van der Waals surface area contributed by atoms with Crippen LogP contribution in [0.2, 0.25) is 0 Å². The summed E-state index contributed by atoms with van der Waals surface area (Å²) >= 11 is 0. The largest absolute Gasteiger partial charge is 0.382 e. The van der Waals surface area contributed by atoms with Gasteiger partial charge < -0.3 is 20.3 Å². The van der Waals surface area contributed by atoms with Gasteiger partial charge in [0.2, 0.25) is 5.91 Å². The Balaban J connectivity index is 2.40. The quantitative estimate of drug-likeness (QED) is 0.300. The molecule has 6 nitrogen and oxygen atoms in total. The van der Waals surface area contributed by atoms with Crippen LogP contribution in [0, 0.1) is 0 Å². The molecule has 0 saturated heterocycles. The molecule has 6 heteroatoms. The van der Waals surface area contributed by atoms with Crippen LogP contribution in [0.15, 0.2) is 17.1 Å². The average molecular weight is 296 g/mol. The van der Waals surface area contributed by atoms with E-state index >= 15 is 0 Å². The molecule has 0 bridgehead atoms. The van der Waals surface area contributed by atoms with Crippen molar-refractivity contribution in [2.24, 2.45) is 4.99 Å². The van der Waals surface area contributed by atoms with E-state index in [0.717, 1.165) is 39.0 Å². The number of amides is 1. The van der Waals surface area contributed by atoms with Gasteiger partial charge in [0.25, 0.3) is 0 Å². The van der Waals surface area contributed by atoms with Crippen LogP contribution in [0.5, 0.6) is 0 Å². The summed E-state index contributed by atoms with van der Waals surface area (Å²) in [5.74, 6) is 0.699. The molecule has 0 atom stereocenters. The van der Waals surface area contributed by atoms with Crippen molar-refractivity contribution in [3.8, 4) is 0 Å². The lowest BCUT2D eigenvalue weighted by Crippen LogP contribution is -2.43. The molecular formula is C15H28N4O2. The first-order chi connectivity index (χ1) is 10.1. The van der Waals surface area contributed by atoms with E-state index in [0.29, 0.717) is 12.0 Å². The molecule has 0 heterocycles. The minimum Gasteiger partial charge on any atom is -0.382 e. The highest BCUT2D eigenvalue weighted by Gasteiger charge is 2.12. The number of nitrogens with zero attached hydrogens (tertiary/aromatic N) is 2. The van der Waals surface area contributed by atoms with Crippen molar-refractivity contribution in [3.63, 3.8) is 0 Å². The Hall–Kier alpha value is -1.56. The highest BCUT2D eigenvalue weighted by Crippen LogP contribution is 2.08. The zero-order valence-corrected chi connectivity index (χ0v) is 13.4. The third-order valence-electron chi connectivity index (χ3n) is 3.18. The van der Waals surface area contributed by atoms with Gasteiger partial charge in [-0.3, -0.25) is 4.79 Å². The summed E-state index contributed by atoms with van der Waals surface area (Å²) < 4.78 is 5.31. The fraction of sp³-hybridized carbons (Fsp3) is 0.733. The molecule has 0 saturated carbocycles. The summed E-state index contributed by atoms with van der Waals surface area (Å²) in [6.07, 6.45) is 7.24. The molecule has 0 aromatic rings. The molecule has 1 amide bonds. The van der Waals surface area contributed by atoms with E-state index < -0.39 is 0 Å². The Morgan fingerprint density at radius 1 is 1.38 bits per heavy atom. The number of rotatable bonds is 8. The van der Waals surface area contributed by atoms with Crippen molar-refractivity contribution in [2.75, 3.05) is 40.4 Å². The lowest BCUT2D eigenvalue weighted by atomic mass is 10.2. The lowest BCUT2D eigenvalue weighted by Gasteiger charge is -2.18. The van der Waals surface area contributed by atoms with Crippen LogP contribution in [0.1, 0.15) is 26.2 Å². The van der Waals surface area contributed by atoms with E-state index in [9.17, 15) is 4.79 Å². The van der Waals surface area contributed by atoms with Gasteiger partial charge in [-0.25, -0.2) is 4.99 Å². The van der Waals surface area contributed by atoms with Crippen LogP contribution < -0.4 is 10.6 Å². The molecule has 1 aliphatic carbocycles. The van der Waals surface area contributed by atoms with E-state index in [2.05, 4.69) is 27.8 Å². The average Bonchev–Trinajstić information content (AvgIpc) is 2.96. The third kappa shape index (κ3) is 7.70. The second-order valence-corrected chi connectivity index (χ2v) is 5.21. The smallest absolute Gasteiger partial charge is 0.243 e. The number of carbonyl (C=O) groups excluding carboxylic acids is 1. The second kappa shape index (κ2) is 10.2. The summed E-state index contributed by atoms with van der Waals surface area (Å²) in [6.45, 7) is 4.40. The zero-order valence-electron chi connectivity index (χ0n) is 13.4. The highest BCUT2D eigenvalue weighted by atomic mass is 16.5. The number of carbonyl (C=O) groups is 1. The molecule has 0 radical (unpaired) electrons. The number of likely N-dealkylation sites (N-methyl/N-ethyl adjacent to an activating group) is 1. The number of hydrogen-bond donors (Lipinski definition) is 2. The molecule has 0 aliphatic heterocycles. The molecule has 1 rings (SSSR count). The molecule has 21 heavy (non-hydrogen) atoms. The standard InChI is InChI=1S/C15H28N4O2/c1-4-21-11-7-10-16-15(17-12-14(20)19(2)3)18-13-8-5-6-9-13/h5-6,13H,4,7-12H2,1-3H3,(H2,16,17,18). The van der Waals surface area contributed by atoms with Crippen LogP contribution in [0.25, 0.3) is 0 Å². The van der Waals surface area contributed by atoms with Gasteiger partial charge in [0.15, 0.2) is 5.96 Å². The molecule has 0 spiro atoms. The van der Waals surface area contributed by atoms with Gasteiger partial charge in [0, 0.05) is 39.9 Å². The molecule has 1 aliphatic rings. The van der Waals surface area contributed by atoms with Crippen LogP contribution in [-0.4, -0.2) is 63.2 Å². The predicted octanol–water partition coefficient (Wildman–Crippen LogP) is 0.755. The number of aliphatic imine (C=N–C) groups is 1. The number of nitrogens with one attached hydrogen (secondary N) is 2. The molecule has 0 aromatic carbocycles. The summed E-state index contributed by atoms with van der Waals surface area (Å²) in [7, 11) is 3.47. The molecule has 0 fully saturated rings. The van der Waals surface area contributed by atoms with Gasteiger partial charge in [0.1, 0.15) is 6.54 Å². The van der Waals surface area contributed by atoms with Crippen LogP contribution in [-0.2, 0) is 9.53 Å². The minimum absolute atomic E-state index is 0.00466. The Bertz CT molecular complexity index is 359. The first-order valence-corrected chi connectivity index (χ1v) is 7.61. The first-order valence-electron chi connectivity index (χ1n) is 7.61. The summed E-state index contributed by atoms with van der Waals surface area (Å²) in [5, 5.41) is 6.63. The zero-order chi connectivity index (χ0) is 15.5. The van der Waals surface area contributed by atoms with E-state index in [4.69, 9.17) is 4.74 Å². The van der Waals surface area contributed by atoms with Gasteiger partial charge in [0.05, 0.1) is 0 Å². The Morgan fingerprint density at radius 3 is 2.71 bits per heavy atom. The number of guanidine groups is 1. The minimum atomic E-state index is -0.00466. The van der Waals surface area contributed by atoms with Crippen molar-refractivity contribution >= 4 is 11.9 Å². The van der Waals surface area contributed by atoms with Gasteiger partial charge in [-0.1, -0.05) is 12.2 Å². The molecule has 120 valence electrons. The lowest BCUT2D eigenvalue weighted by molar-refractivity contribution is -0.127. The number of ether oxygens (including phenoxy) is 1. The van der Waals surface area contributed by atoms with Gasteiger partial charge >= 0.3 is 0 Å². The van der Waals surface area contributed by atoms with Gasteiger partial charge in [-0.15, -0.1) is 0 Å². The van der Waals surface area contributed by atoms with E-state index in [1.807, 2.05) is 6.92 Å². The second-order valence-electron chi connectivity index (χ2n) is 5.21. The summed E-state index contributed by atoms with van der Waals surface area (Å²) in [5.41, 5.74) is 0. The third-order valence-corrected chi connectivity index (χ3v) is 3.18. The maximum atomic E-state index is 11.6. The first kappa shape index (κ1) is 17.5. The monoisotopic (exact) mass is 296 g/mol. The fourth-order valence-electron chi connectivity index (χ4n) is 1.89. The Kier molecular flexibility index (Phi) is 8.50. The topological polar surface area (TPSA) is 66.0 Å². The molecular weight excluding hydrogens is 268 g/mol. The van der Waals surface area contributed by atoms with E-state index in [-0.39, 0.29) is 12.5 Å². The normalized spacial score (nSPS) is 15.3. The number of hydrogen-bond acceptors (Lipinski definition) is 3. The van der Waals surface area contributed by atoms with Crippen molar-refractivity contribution < 1.29 is 9.53 Å². The summed E-state index contributed by atoms with van der Waals surface area (Å²) in [4.78, 5) is 17.5. The molecule has 0 unspecified atom stereocenters. The highest BCUT2D eigenvalue weighted by molar-refractivity contribution is 5.84. The molecule has 0 aromatic heterocycles. The van der Waals surface area contributed by atoms with E-state index in [1.54, 1.807) is 19.0 Å². The maximum Gasteiger partial charge on any atom is 0.243 e. The Labute approximate surface area is 127 Å². The predicted molar refractivity (Wildman–Crippen MR) is 85.4 cm³/mol. The van der Waals surface area contributed by atoms with Crippen LogP contribution >= 0.6 is 0 Å². The fourth-order valence-corrected chi connectivity index (χ4v) is 1.89. The van der Waals surface area contributed by atoms with Crippen molar-refractivity contribution in [3.05, 3.63) is 12.2 Å².